The standard InChI is InChI=1S/C38H58N6O4/c1-3-4-5-6-7-8-9-10-11-12-13-14-15-16-17-18-19-20-21-22-37(45)39-23-25-42(27-28-43-29-31-48-32-30-43)26-24-40-38(46)36-34-44(47)35(2)33-41-36/h4-5,7-8,10-11,13-14,16-17,19-20,33-34H,3,6,9,12,15,18,21-32H2,1-2H3,(H,39,45)(H,40,46). The van der Waals surface area contributed by atoms with Crippen LogP contribution in [0.15, 0.2) is 85.3 Å². The molecule has 2 amide bonds. The van der Waals surface area contributed by atoms with Crippen molar-refractivity contribution < 1.29 is 19.1 Å². The van der Waals surface area contributed by atoms with Gasteiger partial charge in [0, 0.05) is 65.7 Å². The topological polar surface area (TPSA) is 114 Å². The highest BCUT2D eigenvalue weighted by atomic mass is 16.5. The number of hydrogen-bond donors (Lipinski definition) is 2. The van der Waals surface area contributed by atoms with E-state index in [-0.39, 0.29) is 17.5 Å². The molecule has 0 atom stereocenters. The zero-order valence-electron chi connectivity index (χ0n) is 29.2. The summed E-state index contributed by atoms with van der Waals surface area (Å²) in [5.41, 5.74) is 0.523. The quantitative estimate of drug-likeness (QED) is 0.0912. The normalized spacial score (nSPS) is 14.6. The van der Waals surface area contributed by atoms with Crippen LogP contribution in [0.2, 0.25) is 0 Å². The summed E-state index contributed by atoms with van der Waals surface area (Å²) in [7, 11) is 0. The Morgan fingerprint density at radius 1 is 0.854 bits per heavy atom. The second kappa shape index (κ2) is 27.1. The first-order valence-electron chi connectivity index (χ1n) is 17.5. The molecule has 0 aromatic carbocycles. The van der Waals surface area contributed by atoms with Crippen LogP contribution >= 0.6 is 0 Å². The summed E-state index contributed by atoms with van der Waals surface area (Å²) in [6.07, 6.45) is 35.7. The number of aryl methyl sites for hydroxylation is 1. The van der Waals surface area contributed by atoms with Gasteiger partial charge in [-0.2, -0.15) is 4.73 Å². The van der Waals surface area contributed by atoms with E-state index in [0.717, 1.165) is 77.9 Å². The fourth-order valence-electron chi connectivity index (χ4n) is 4.74. The van der Waals surface area contributed by atoms with Gasteiger partial charge in [-0.25, -0.2) is 4.98 Å². The van der Waals surface area contributed by atoms with Crippen molar-refractivity contribution in [3.8, 4) is 0 Å². The molecule has 0 spiro atoms. The number of aromatic nitrogens is 2. The van der Waals surface area contributed by atoms with Crippen molar-refractivity contribution in [1.29, 1.82) is 0 Å². The fraction of sp³-hybridized carbons (Fsp3) is 0.526. The van der Waals surface area contributed by atoms with Gasteiger partial charge < -0.3 is 20.6 Å². The van der Waals surface area contributed by atoms with Gasteiger partial charge in [0.15, 0.2) is 5.69 Å². The third kappa shape index (κ3) is 20.4. The molecule has 1 fully saturated rings. The lowest BCUT2D eigenvalue weighted by atomic mass is 10.2. The Bertz CT molecular complexity index is 1220. The Morgan fingerprint density at radius 3 is 1.96 bits per heavy atom. The minimum atomic E-state index is -0.379. The van der Waals surface area contributed by atoms with Crippen molar-refractivity contribution in [2.24, 2.45) is 0 Å². The predicted octanol–water partition coefficient (Wildman–Crippen LogP) is 4.98. The van der Waals surface area contributed by atoms with Crippen molar-refractivity contribution in [3.05, 3.63) is 102 Å². The molecule has 0 radical (unpaired) electrons. The fourth-order valence-corrected chi connectivity index (χ4v) is 4.74. The van der Waals surface area contributed by atoms with Gasteiger partial charge in [0.25, 0.3) is 5.91 Å². The summed E-state index contributed by atoms with van der Waals surface area (Å²) >= 11 is 0. The molecule has 1 aliphatic rings. The number of morpholine rings is 1. The van der Waals surface area contributed by atoms with E-state index in [0.29, 0.717) is 49.4 Å². The maximum Gasteiger partial charge on any atom is 0.276 e. The van der Waals surface area contributed by atoms with E-state index in [1.807, 2.05) is 0 Å². The van der Waals surface area contributed by atoms with Gasteiger partial charge in [-0.15, -0.1) is 0 Å². The third-order valence-corrected chi connectivity index (χ3v) is 7.64. The maximum absolute atomic E-state index is 12.5. The molecule has 1 saturated heterocycles. The SMILES string of the molecule is CCC=CCC=CCC=CCC=CCC=CCC=CCCC(=O)NCCN(CCNC(=O)c1c[n+]([O-])c(C)cn1)CCN1CCOCC1. The molecule has 0 aliphatic carbocycles. The average Bonchev–Trinajstić information content (AvgIpc) is 3.09. The summed E-state index contributed by atoms with van der Waals surface area (Å²) in [5, 5.41) is 17.7. The first-order chi connectivity index (χ1) is 23.5. The first kappa shape index (κ1) is 40.3. The van der Waals surface area contributed by atoms with Crippen molar-refractivity contribution in [2.75, 3.05) is 65.6 Å². The number of ether oxygens (including phenoxy) is 1. The van der Waals surface area contributed by atoms with E-state index >= 15 is 0 Å². The van der Waals surface area contributed by atoms with Crippen molar-refractivity contribution in [2.45, 2.75) is 65.2 Å². The van der Waals surface area contributed by atoms with Crippen molar-refractivity contribution in [3.63, 3.8) is 0 Å². The lowest BCUT2D eigenvalue weighted by Gasteiger charge is -2.30. The molecule has 10 heteroatoms. The van der Waals surface area contributed by atoms with E-state index in [9.17, 15) is 14.8 Å². The van der Waals surface area contributed by atoms with Crippen LogP contribution in [-0.2, 0) is 9.53 Å². The van der Waals surface area contributed by atoms with Gasteiger partial charge in [0.2, 0.25) is 17.8 Å². The Balaban J connectivity index is 1.58. The number of nitrogens with zero attached hydrogens (tertiary/aromatic N) is 4. The van der Waals surface area contributed by atoms with Gasteiger partial charge in [-0.1, -0.05) is 79.8 Å². The molecule has 264 valence electrons. The molecule has 2 rings (SSSR count). The van der Waals surface area contributed by atoms with E-state index < -0.39 is 0 Å². The van der Waals surface area contributed by atoms with Gasteiger partial charge in [-0.05, 0) is 44.9 Å². The number of amides is 2. The monoisotopic (exact) mass is 662 g/mol. The number of hydrogen-bond acceptors (Lipinski definition) is 7. The van der Waals surface area contributed by atoms with Crippen LogP contribution in [0.1, 0.15) is 74.5 Å². The van der Waals surface area contributed by atoms with Crippen LogP contribution in [0, 0.1) is 12.1 Å². The molecule has 1 aromatic rings. The van der Waals surface area contributed by atoms with E-state index in [1.54, 1.807) is 6.92 Å². The predicted molar refractivity (Wildman–Crippen MR) is 194 cm³/mol. The number of carbonyl (C=O) groups excluding carboxylic acids is 2. The van der Waals surface area contributed by atoms with Gasteiger partial charge in [-0.3, -0.25) is 19.4 Å². The number of rotatable bonds is 24. The van der Waals surface area contributed by atoms with Crippen molar-refractivity contribution in [1.82, 2.24) is 25.4 Å². The lowest BCUT2D eigenvalue weighted by Crippen LogP contribution is -2.45. The smallest absolute Gasteiger partial charge is 0.276 e. The highest BCUT2D eigenvalue weighted by molar-refractivity contribution is 5.91. The first-order valence-corrected chi connectivity index (χ1v) is 17.5. The van der Waals surface area contributed by atoms with Crippen LogP contribution in [0.25, 0.3) is 0 Å². The zero-order chi connectivity index (χ0) is 34.5. The van der Waals surface area contributed by atoms with Crippen LogP contribution in [-0.4, -0.2) is 92.2 Å². The molecule has 1 aliphatic heterocycles. The molecule has 1 aromatic heterocycles. The molecular formula is C38H58N6O4. The molecule has 0 saturated carbocycles. The Labute approximate surface area is 288 Å². The van der Waals surface area contributed by atoms with E-state index in [2.05, 4.69) is 105 Å². The molecule has 0 bridgehead atoms. The van der Waals surface area contributed by atoms with Crippen LogP contribution in [0.4, 0.5) is 0 Å². The van der Waals surface area contributed by atoms with E-state index in [1.165, 1.54) is 12.4 Å². The largest absolute Gasteiger partial charge is 0.618 e. The Morgan fingerprint density at radius 2 is 1.40 bits per heavy atom. The highest BCUT2D eigenvalue weighted by Gasteiger charge is 2.15. The zero-order valence-corrected chi connectivity index (χ0v) is 29.2. The van der Waals surface area contributed by atoms with E-state index in [4.69, 9.17) is 4.74 Å². The molecular weight excluding hydrogens is 604 g/mol. The summed E-state index contributed by atoms with van der Waals surface area (Å²) < 4.78 is 6.09. The molecule has 10 nitrogen and oxygen atoms in total. The minimum absolute atomic E-state index is 0.0346. The van der Waals surface area contributed by atoms with Gasteiger partial charge in [0.1, 0.15) is 0 Å². The van der Waals surface area contributed by atoms with Crippen molar-refractivity contribution >= 4 is 11.8 Å². The Hall–Kier alpha value is -3.86. The van der Waals surface area contributed by atoms with Gasteiger partial charge >= 0.3 is 0 Å². The number of allylic oxidation sites excluding steroid dienone is 12. The maximum atomic E-state index is 12.5. The number of carbonyl (C=O) groups is 2. The summed E-state index contributed by atoms with van der Waals surface area (Å²) in [5.74, 6) is -0.345. The van der Waals surface area contributed by atoms with Crippen LogP contribution in [0.5, 0.6) is 0 Å². The molecule has 2 N–H and O–H groups in total. The second-order valence-corrected chi connectivity index (χ2v) is 11.6. The van der Waals surface area contributed by atoms with Crippen LogP contribution in [0.3, 0.4) is 0 Å². The summed E-state index contributed by atoms with van der Waals surface area (Å²) in [6.45, 7) is 11.0. The lowest BCUT2D eigenvalue weighted by molar-refractivity contribution is -0.613. The summed E-state index contributed by atoms with van der Waals surface area (Å²) in [6, 6.07) is 0. The minimum Gasteiger partial charge on any atom is -0.618 e. The molecule has 0 unspecified atom stereocenters. The third-order valence-electron chi connectivity index (χ3n) is 7.64. The molecule has 2 heterocycles. The Kier molecular flexibility index (Phi) is 22.8. The summed E-state index contributed by atoms with van der Waals surface area (Å²) in [4.78, 5) is 33.5. The van der Waals surface area contributed by atoms with Gasteiger partial charge in [0.05, 0.1) is 19.4 Å². The average molecular weight is 663 g/mol. The molecule has 48 heavy (non-hydrogen) atoms. The highest BCUT2D eigenvalue weighted by Crippen LogP contribution is 2.00. The second-order valence-electron chi connectivity index (χ2n) is 11.6. The van der Waals surface area contributed by atoms with Crippen LogP contribution < -0.4 is 15.4 Å². The number of nitrogens with one attached hydrogen (secondary N) is 2.